The Morgan fingerprint density at radius 3 is 1.34 bits per heavy atom. The lowest BCUT2D eigenvalue weighted by atomic mass is 10.0. The van der Waals surface area contributed by atoms with E-state index in [4.69, 9.17) is 0 Å². The molecule has 0 amide bonds. The Balaban J connectivity index is 3.22. The summed E-state index contributed by atoms with van der Waals surface area (Å²) in [6, 6.07) is 0. The molecule has 0 rings (SSSR count). The summed E-state index contributed by atoms with van der Waals surface area (Å²) in [7, 11) is 1.46. The van der Waals surface area contributed by atoms with Gasteiger partial charge in [0, 0.05) is 19.3 Å². The van der Waals surface area contributed by atoms with Gasteiger partial charge < -0.3 is 4.74 Å². The number of unbranched alkanes of at least 4 members (excludes halogenated alkanes) is 17. The summed E-state index contributed by atoms with van der Waals surface area (Å²) < 4.78 is 4.65. The molecule has 0 aromatic carbocycles. The van der Waals surface area contributed by atoms with E-state index in [2.05, 4.69) is 23.8 Å². The molecule has 0 radical (unpaired) electrons. The third kappa shape index (κ3) is 25.1. The first-order valence-electron chi connectivity index (χ1n) is 13.9. The summed E-state index contributed by atoms with van der Waals surface area (Å²) >= 11 is 0. The molecule has 32 heavy (non-hydrogen) atoms. The Labute approximate surface area is 200 Å². The van der Waals surface area contributed by atoms with Crippen LogP contribution in [0.2, 0.25) is 0 Å². The zero-order chi connectivity index (χ0) is 23.5. The van der Waals surface area contributed by atoms with Gasteiger partial charge in [-0.3, -0.25) is 9.59 Å². The second kappa shape index (κ2) is 26.1. The molecule has 0 bridgehead atoms. The summed E-state index contributed by atoms with van der Waals surface area (Å²) in [5.41, 5.74) is 0. The first-order valence-corrected chi connectivity index (χ1v) is 13.9. The van der Waals surface area contributed by atoms with Gasteiger partial charge in [-0.1, -0.05) is 103 Å². The van der Waals surface area contributed by atoms with Crippen LogP contribution >= 0.6 is 0 Å². The minimum absolute atomic E-state index is 0.0860. The van der Waals surface area contributed by atoms with Crippen LogP contribution in [0, 0.1) is 0 Å². The molecule has 3 heteroatoms. The van der Waals surface area contributed by atoms with E-state index in [1.165, 1.54) is 110 Å². The Morgan fingerprint density at radius 1 is 0.531 bits per heavy atom. The highest BCUT2D eigenvalue weighted by molar-refractivity contribution is 5.78. The average Bonchev–Trinajstić information content (AvgIpc) is 2.80. The predicted molar refractivity (Wildman–Crippen MR) is 138 cm³/mol. The monoisotopic (exact) mass is 450 g/mol. The summed E-state index contributed by atoms with van der Waals surface area (Å²) in [5.74, 6) is 0.405. The maximum absolute atomic E-state index is 11.9. The number of ether oxygens (including phenoxy) is 1. The molecule has 0 aliphatic heterocycles. The van der Waals surface area contributed by atoms with E-state index >= 15 is 0 Å². The number of allylic oxidation sites excluding steroid dienone is 2. The van der Waals surface area contributed by atoms with Crippen molar-refractivity contribution in [2.75, 3.05) is 7.11 Å². The SMILES string of the molecule is CCCCCCCCCC(=O)CCCCCCCCC=CCCCCCCCC(=O)OC. The van der Waals surface area contributed by atoms with Crippen LogP contribution in [0.25, 0.3) is 0 Å². The number of esters is 1. The highest BCUT2D eigenvalue weighted by Gasteiger charge is 2.02. The van der Waals surface area contributed by atoms with Gasteiger partial charge in [-0.05, 0) is 44.9 Å². The first kappa shape index (κ1) is 30.9. The molecular weight excluding hydrogens is 396 g/mol. The number of hydrogen-bond acceptors (Lipinski definition) is 3. The van der Waals surface area contributed by atoms with Gasteiger partial charge in [-0.15, -0.1) is 0 Å². The minimum Gasteiger partial charge on any atom is -0.469 e. The van der Waals surface area contributed by atoms with Gasteiger partial charge in [0.2, 0.25) is 0 Å². The first-order chi connectivity index (χ1) is 15.7. The van der Waals surface area contributed by atoms with E-state index in [-0.39, 0.29) is 5.97 Å². The van der Waals surface area contributed by atoms with Crippen molar-refractivity contribution in [2.24, 2.45) is 0 Å². The van der Waals surface area contributed by atoms with Crippen molar-refractivity contribution in [3.05, 3.63) is 12.2 Å². The largest absolute Gasteiger partial charge is 0.469 e. The third-order valence-corrected chi connectivity index (χ3v) is 6.28. The topological polar surface area (TPSA) is 43.4 Å². The van der Waals surface area contributed by atoms with Crippen LogP contribution in [0.3, 0.4) is 0 Å². The van der Waals surface area contributed by atoms with Crippen LogP contribution in [-0.2, 0) is 14.3 Å². The van der Waals surface area contributed by atoms with E-state index in [1.807, 2.05) is 0 Å². The van der Waals surface area contributed by atoms with Crippen molar-refractivity contribution in [2.45, 2.75) is 155 Å². The second-order valence-electron chi connectivity index (χ2n) is 9.42. The maximum atomic E-state index is 11.9. The highest BCUT2D eigenvalue weighted by Crippen LogP contribution is 2.13. The van der Waals surface area contributed by atoms with E-state index in [0.29, 0.717) is 12.2 Å². The molecule has 0 atom stereocenters. The van der Waals surface area contributed by atoms with Crippen LogP contribution in [0.1, 0.15) is 155 Å². The van der Waals surface area contributed by atoms with Gasteiger partial charge in [-0.25, -0.2) is 0 Å². The van der Waals surface area contributed by atoms with E-state index in [9.17, 15) is 9.59 Å². The number of Topliss-reactive ketones (excluding diaryl/α,β-unsaturated/α-hetero) is 1. The van der Waals surface area contributed by atoms with Crippen molar-refractivity contribution >= 4 is 11.8 Å². The van der Waals surface area contributed by atoms with Gasteiger partial charge in [0.15, 0.2) is 0 Å². The Kier molecular flexibility index (Phi) is 25.2. The molecule has 0 aliphatic rings. The van der Waals surface area contributed by atoms with E-state index < -0.39 is 0 Å². The Bertz CT molecular complexity index is 442. The predicted octanol–water partition coefficient (Wildman–Crippen LogP) is 9.28. The molecule has 188 valence electrons. The normalized spacial score (nSPS) is 11.3. The lowest BCUT2D eigenvalue weighted by Crippen LogP contribution is -1.98. The quantitative estimate of drug-likeness (QED) is 0.0790. The molecule has 0 aliphatic carbocycles. The molecule has 3 nitrogen and oxygen atoms in total. The lowest BCUT2D eigenvalue weighted by molar-refractivity contribution is -0.140. The summed E-state index contributed by atoms with van der Waals surface area (Å²) in [6.07, 6.45) is 31.6. The van der Waals surface area contributed by atoms with Crippen LogP contribution in [0.15, 0.2) is 12.2 Å². The minimum atomic E-state index is -0.0860. The van der Waals surface area contributed by atoms with Crippen molar-refractivity contribution < 1.29 is 14.3 Å². The van der Waals surface area contributed by atoms with Crippen molar-refractivity contribution in [1.29, 1.82) is 0 Å². The number of methoxy groups -OCH3 is 1. The van der Waals surface area contributed by atoms with Crippen LogP contribution in [0.5, 0.6) is 0 Å². The molecule has 0 spiro atoms. The number of ketones is 1. The smallest absolute Gasteiger partial charge is 0.305 e. The van der Waals surface area contributed by atoms with E-state index in [1.54, 1.807) is 0 Å². The average molecular weight is 451 g/mol. The molecule has 0 aromatic heterocycles. The van der Waals surface area contributed by atoms with Crippen LogP contribution in [0.4, 0.5) is 0 Å². The molecule has 0 aromatic rings. The lowest BCUT2D eigenvalue weighted by Gasteiger charge is -2.03. The highest BCUT2D eigenvalue weighted by atomic mass is 16.5. The summed E-state index contributed by atoms with van der Waals surface area (Å²) in [4.78, 5) is 22.9. The Hall–Kier alpha value is -1.12. The molecule has 0 fully saturated rings. The molecular formula is C29H54O3. The van der Waals surface area contributed by atoms with Gasteiger partial charge in [0.25, 0.3) is 0 Å². The molecule has 0 N–H and O–H groups in total. The van der Waals surface area contributed by atoms with Gasteiger partial charge in [0.1, 0.15) is 5.78 Å². The van der Waals surface area contributed by atoms with E-state index in [0.717, 1.165) is 38.5 Å². The number of hydrogen-bond donors (Lipinski definition) is 0. The standard InChI is InChI=1S/C29H54O3/c1-3-4-5-6-16-19-22-25-28(30)26-23-20-17-14-12-10-8-7-9-11-13-15-18-21-24-27-29(31)32-2/h7,9H,3-6,8,10-27H2,1-2H3. The summed E-state index contributed by atoms with van der Waals surface area (Å²) in [6.45, 7) is 2.25. The van der Waals surface area contributed by atoms with Gasteiger partial charge >= 0.3 is 5.97 Å². The molecule has 0 unspecified atom stereocenters. The van der Waals surface area contributed by atoms with Crippen molar-refractivity contribution in [3.63, 3.8) is 0 Å². The fourth-order valence-electron chi connectivity index (χ4n) is 4.10. The third-order valence-electron chi connectivity index (χ3n) is 6.28. The zero-order valence-corrected chi connectivity index (χ0v) is 21.6. The maximum Gasteiger partial charge on any atom is 0.305 e. The fourth-order valence-corrected chi connectivity index (χ4v) is 4.10. The van der Waals surface area contributed by atoms with Crippen LogP contribution in [-0.4, -0.2) is 18.9 Å². The number of carbonyl (C=O) groups is 2. The molecule has 0 saturated heterocycles. The summed E-state index contributed by atoms with van der Waals surface area (Å²) in [5, 5.41) is 0. The van der Waals surface area contributed by atoms with Crippen LogP contribution < -0.4 is 0 Å². The molecule has 0 heterocycles. The number of carbonyl (C=O) groups excluding carboxylic acids is 2. The zero-order valence-electron chi connectivity index (χ0n) is 21.6. The molecule has 0 saturated carbocycles. The van der Waals surface area contributed by atoms with Gasteiger partial charge in [0.05, 0.1) is 7.11 Å². The Morgan fingerprint density at radius 2 is 0.906 bits per heavy atom. The second-order valence-corrected chi connectivity index (χ2v) is 9.42. The fraction of sp³-hybridized carbons (Fsp3) is 0.862. The van der Waals surface area contributed by atoms with Crippen molar-refractivity contribution in [3.8, 4) is 0 Å². The van der Waals surface area contributed by atoms with Crippen molar-refractivity contribution in [1.82, 2.24) is 0 Å². The van der Waals surface area contributed by atoms with Gasteiger partial charge in [-0.2, -0.15) is 0 Å². The number of rotatable bonds is 25.